The number of nitrogens with one attached hydrogen (secondary N) is 1. The number of amides is 2. The maximum Gasteiger partial charge on any atom is 0.317 e. The molecule has 0 aromatic heterocycles. The van der Waals surface area contributed by atoms with Gasteiger partial charge < -0.3 is 15.3 Å². The molecular formula is C19H28N2O3. The Kier molecular flexibility index (Phi) is 5.86. The predicted octanol–water partition coefficient (Wildman–Crippen LogP) is 2.99. The fourth-order valence-corrected chi connectivity index (χ4v) is 3.45. The quantitative estimate of drug-likeness (QED) is 0.890. The molecule has 0 bridgehead atoms. The molecule has 3 atom stereocenters. The van der Waals surface area contributed by atoms with Crippen LogP contribution in [0.4, 0.5) is 4.79 Å². The topological polar surface area (TPSA) is 69.6 Å². The Balaban J connectivity index is 1.94. The molecule has 0 saturated carbocycles. The van der Waals surface area contributed by atoms with Crippen LogP contribution in [-0.4, -0.2) is 41.1 Å². The maximum atomic E-state index is 12.5. The molecule has 2 rings (SSSR count). The minimum Gasteiger partial charge on any atom is -0.481 e. The average Bonchev–Trinajstić information content (AvgIpc) is 2.49. The van der Waals surface area contributed by atoms with Gasteiger partial charge in [0.1, 0.15) is 0 Å². The molecular weight excluding hydrogens is 304 g/mol. The van der Waals surface area contributed by atoms with E-state index in [1.165, 1.54) is 16.7 Å². The Morgan fingerprint density at radius 1 is 1.33 bits per heavy atom. The molecule has 1 aromatic carbocycles. The minimum absolute atomic E-state index is 0.000540. The lowest BCUT2D eigenvalue weighted by Gasteiger charge is -2.35. The number of nitrogens with zero attached hydrogens (tertiary/aromatic N) is 1. The van der Waals surface area contributed by atoms with E-state index in [0.29, 0.717) is 19.5 Å². The Morgan fingerprint density at radius 2 is 2.04 bits per heavy atom. The van der Waals surface area contributed by atoms with Gasteiger partial charge in [0, 0.05) is 19.1 Å². The Bertz CT molecular complexity index is 615. The largest absolute Gasteiger partial charge is 0.481 e. The van der Waals surface area contributed by atoms with Gasteiger partial charge in [-0.05, 0) is 50.7 Å². The molecule has 5 nitrogen and oxygen atoms in total. The van der Waals surface area contributed by atoms with Crippen LogP contribution in [0, 0.1) is 25.7 Å². The molecule has 0 aliphatic carbocycles. The summed E-state index contributed by atoms with van der Waals surface area (Å²) in [6.07, 6.45) is 1.40. The second-order valence-electron chi connectivity index (χ2n) is 7.27. The van der Waals surface area contributed by atoms with Crippen molar-refractivity contribution in [3.8, 4) is 0 Å². The fourth-order valence-electron chi connectivity index (χ4n) is 3.45. The third-order valence-electron chi connectivity index (χ3n) is 4.69. The van der Waals surface area contributed by atoms with E-state index < -0.39 is 11.9 Å². The Hall–Kier alpha value is -2.04. The number of hydrogen-bond donors (Lipinski definition) is 2. The summed E-state index contributed by atoms with van der Waals surface area (Å²) in [5.74, 6) is -1.07. The molecule has 3 unspecified atom stereocenters. The van der Waals surface area contributed by atoms with Gasteiger partial charge in [-0.15, -0.1) is 0 Å². The van der Waals surface area contributed by atoms with E-state index in [9.17, 15) is 14.7 Å². The van der Waals surface area contributed by atoms with Gasteiger partial charge in [-0.1, -0.05) is 30.7 Å². The van der Waals surface area contributed by atoms with Crippen molar-refractivity contribution in [2.75, 3.05) is 13.1 Å². The van der Waals surface area contributed by atoms with E-state index in [4.69, 9.17) is 0 Å². The summed E-state index contributed by atoms with van der Waals surface area (Å²) < 4.78 is 0. The second kappa shape index (κ2) is 7.69. The lowest BCUT2D eigenvalue weighted by Crippen LogP contribution is -2.51. The number of piperidine rings is 1. The molecule has 0 radical (unpaired) electrons. The lowest BCUT2D eigenvalue weighted by atomic mass is 9.91. The van der Waals surface area contributed by atoms with Crippen molar-refractivity contribution in [2.45, 2.75) is 46.6 Å². The van der Waals surface area contributed by atoms with Crippen LogP contribution in [0.1, 0.15) is 37.0 Å². The van der Waals surface area contributed by atoms with Crippen LogP contribution in [0.25, 0.3) is 0 Å². The standard InChI is InChI=1S/C19H28N2O3/c1-12-5-6-16(14(3)7-12)9-15(4)20-19(24)21-10-13(2)8-17(11-21)18(22)23/h5-7,13,15,17H,8-11H2,1-4H3,(H,20,24)(H,22,23). The number of carbonyl (C=O) groups excluding carboxylic acids is 1. The van der Waals surface area contributed by atoms with E-state index >= 15 is 0 Å². The molecule has 1 aliphatic heterocycles. The first kappa shape index (κ1) is 18.3. The molecule has 1 saturated heterocycles. The Morgan fingerprint density at radius 3 is 2.67 bits per heavy atom. The number of likely N-dealkylation sites (tertiary alicyclic amines) is 1. The first-order valence-corrected chi connectivity index (χ1v) is 8.60. The highest BCUT2D eigenvalue weighted by atomic mass is 16.4. The van der Waals surface area contributed by atoms with Crippen LogP contribution < -0.4 is 5.32 Å². The molecule has 1 aromatic rings. The van der Waals surface area contributed by atoms with Crippen molar-refractivity contribution in [3.05, 3.63) is 34.9 Å². The molecule has 5 heteroatoms. The van der Waals surface area contributed by atoms with E-state index in [2.05, 4.69) is 37.4 Å². The zero-order valence-corrected chi connectivity index (χ0v) is 15.0. The zero-order chi connectivity index (χ0) is 17.9. The van der Waals surface area contributed by atoms with Gasteiger partial charge in [0.25, 0.3) is 0 Å². The van der Waals surface area contributed by atoms with Gasteiger partial charge in [-0.3, -0.25) is 4.79 Å². The predicted molar refractivity (Wildman–Crippen MR) is 94.1 cm³/mol. The third kappa shape index (κ3) is 4.73. The summed E-state index contributed by atoms with van der Waals surface area (Å²) in [4.78, 5) is 25.4. The third-order valence-corrected chi connectivity index (χ3v) is 4.69. The normalized spacial score (nSPS) is 22.1. The molecule has 2 N–H and O–H groups in total. The number of aliphatic carboxylic acids is 1. The second-order valence-corrected chi connectivity index (χ2v) is 7.27. The molecule has 24 heavy (non-hydrogen) atoms. The van der Waals surface area contributed by atoms with E-state index in [-0.39, 0.29) is 18.0 Å². The van der Waals surface area contributed by atoms with Crippen LogP contribution in [0.2, 0.25) is 0 Å². The van der Waals surface area contributed by atoms with Gasteiger partial charge in [-0.25, -0.2) is 4.79 Å². The fraction of sp³-hybridized carbons (Fsp3) is 0.579. The van der Waals surface area contributed by atoms with Gasteiger partial charge in [0.15, 0.2) is 0 Å². The number of carbonyl (C=O) groups is 2. The molecule has 132 valence electrons. The van der Waals surface area contributed by atoms with Crippen LogP contribution in [0.15, 0.2) is 18.2 Å². The van der Waals surface area contributed by atoms with Crippen molar-refractivity contribution in [2.24, 2.45) is 11.8 Å². The Labute approximate surface area is 144 Å². The van der Waals surface area contributed by atoms with E-state index in [0.717, 1.165) is 6.42 Å². The monoisotopic (exact) mass is 332 g/mol. The molecule has 0 spiro atoms. The SMILES string of the molecule is Cc1ccc(CC(C)NC(=O)N2CC(C)CC(C(=O)O)C2)c(C)c1. The minimum atomic E-state index is -0.817. The van der Waals surface area contributed by atoms with E-state index in [1.54, 1.807) is 4.90 Å². The van der Waals surface area contributed by atoms with Crippen LogP contribution in [-0.2, 0) is 11.2 Å². The molecule has 2 amide bonds. The van der Waals surface area contributed by atoms with Gasteiger partial charge in [0.2, 0.25) is 0 Å². The summed E-state index contributed by atoms with van der Waals surface area (Å²) in [6.45, 7) is 9.04. The number of benzene rings is 1. The highest BCUT2D eigenvalue weighted by Gasteiger charge is 2.32. The van der Waals surface area contributed by atoms with Crippen molar-refractivity contribution in [1.82, 2.24) is 10.2 Å². The first-order valence-electron chi connectivity index (χ1n) is 8.60. The van der Waals surface area contributed by atoms with Crippen LogP contribution >= 0.6 is 0 Å². The molecule has 1 aliphatic rings. The summed E-state index contributed by atoms with van der Waals surface area (Å²) in [7, 11) is 0. The molecule has 1 heterocycles. The van der Waals surface area contributed by atoms with Crippen molar-refractivity contribution >= 4 is 12.0 Å². The number of carboxylic acids is 1. The maximum absolute atomic E-state index is 12.5. The van der Waals surface area contributed by atoms with Crippen LogP contribution in [0.5, 0.6) is 0 Å². The van der Waals surface area contributed by atoms with Crippen molar-refractivity contribution < 1.29 is 14.7 Å². The highest BCUT2D eigenvalue weighted by molar-refractivity contribution is 5.76. The highest BCUT2D eigenvalue weighted by Crippen LogP contribution is 2.22. The number of aryl methyl sites for hydroxylation is 2. The zero-order valence-electron chi connectivity index (χ0n) is 15.0. The number of urea groups is 1. The van der Waals surface area contributed by atoms with E-state index in [1.807, 2.05) is 13.8 Å². The average molecular weight is 332 g/mol. The smallest absolute Gasteiger partial charge is 0.317 e. The number of hydrogen-bond acceptors (Lipinski definition) is 2. The van der Waals surface area contributed by atoms with Crippen LogP contribution in [0.3, 0.4) is 0 Å². The summed E-state index contributed by atoms with van der Waals surface area (Å²) in [5, 5.41) is 12.2. The molecule has 1 fully saturated rings. The summed E-state index contributed by atoms with van der Waals surface area (Å²) >= 11 is 0. The lowest BCUT2D eigenvalue weighted by molar-refractivity contribution is -0.143. The number of rotatable bonds is 4. The van der Waals surface area contributed by atoms with Gasteiger partial charge >= 0.3 is 12.0 Å². The van der Waals surface area contributed by atoms with Crippen molar-refractivity contribution in [1.29, 1.82) is 0 Å². The first-order chi connectivity index (χ1) is 11.3. The summed E-state index contributed by atoms with van der Waals surface area (Å²) in [5.41, 5.74) is 3.69. The van der Waals surface area contributed by atoms with Crippen molar-refractivity contribution in [3.63, 3.8) is 0 Å². The summed E-state index contributed by atoms with van der Waals surface area (Å²) in [6, 6.07) is 6.18. The number of carboxylic acid groups (broad SMARTS) is 1. The van der Waals surface area contributed by atoms with Gasteiger partial charge in [0.05, 0.1) is 5.92 Å². The van der Waals surface area contributed by atoms with Gasteiger partial charge in [-0.2, -0.15) is 0 Å².